The van der Waals surface area contributed by atoms with E-state index in [0.29, 0.717) is 17.7 Å². The summed E-state index contributed by atoms with van der Waals surface area (Å²) in [6, 6.07) is 1.96. The van der Waals surface area contributed by atoms with Crippen LogP contribution in [0.5, 0.6) is 0 Å². The summed E-state index contributed by atoms with van der Waals surface area (Å²) in [4.78, 5) is 8.69. The molecule has 1 aliphatic carbocycles. The highest BCUT2D eigenvalue weighted by molar-refractivity contribution is 6.29. The van der Waals surface area contributed by atoms with E-state index in [1.165, 1.54) is 12.8 Å². The van der Waals surface area contributed by atoms with E-state index in [1.54, 1.807) is 13.2 Å². The topological polar surface area (TPSA) is 47.0 Å². The van der Waals surface area contributed by atoms with Gasteiger partial charge in [0.15, 0.2) is 0 Å². The van der Waals surface area contributed by atoms with Gasteiger partial charge in [-0.25, -0.2) is 9.97 Å². The van der Waals surface area contributed by atoms with Crippen LogP contribution in [0.3, 0.4) is 0 Å². The minimum absolute atomic E-state index is 0.211. The average molecular weight is 242 g/mol. The van der Waals surface area contributed by atoms with E-state index >= 15 is 0 Å². The Labute approximate surface area is 100 Å². The zero-order valence-electron chi connectivity index (χ0n) is 9.53. The molecule has 88 valence electrons. The van der Waals surface area contributed by atoms with E-state index in [0.717, 1.165) is 11.6 Å². The van der Waals surface area contributed by atoms with Gasteiger partial charge in [-0.15, -0.1) is 0 Å². The lowest BCUT2D eigenvalue weighted by Gasteiger charge is -2.14. The van der Waals surface area contributed by atoms with Crippen molar-refractivity contribution in [3.8, 4) is 0 Å². The first-order valence-corrected chi connectivity index (χ1v) is 5.87. The third-order valence-corrected chi connectivity index (χ3v) is 2.66. The fraction of sp³-hybridized carbons (Fsp3) is 0.636. The summed E-state index contributed by atoms with van der Waals surface area (Å²) in [7, 11) is 1.68. The number of hydrogen-bond acceptors (Lipinski definition) is 4. The van der Waals surface area contributed by atoms with E-state index in [9.17, 15) is 0 Å². The first kappa shape index (κ1) is 11.6. The summed E-state index contributed by atoms with van der Waals surface area (Å²) >= 11 is 5.96. The number of aromatic nitrogens is 2. The highest BCUT2D eigenvalue weighted by Crippen LogP contribution is 2.38. The van der Waals surface area contributed by atoms with E-state index in [-0.39, 0.29) is 6.04 Å². The fourth-order valence-corrected chi connectivity index (χ4v) is 1.77. The second-order valence-corrected chi connectivity index (χ2v) is 4.60. The van der Waals surface area contributed by atoms with E-state index < -0.39 is 0 Å². The summed E-state index contributed by atoms with van der Waals surface area (Å²) in [6.45, 7) is 2.68. The maximum Gasteiger partial charge on any atom is 0.135 e. The van der Waals surface area contributed by atoms with Gasteiger partial charge >= 0.3 is 0 Å². The van der Waals surface area contributed by atoms with Gasteiger partial charge in [-0.3, -0.25) is 0 Å². The van der Waals surface area contributed by atoms with Gasteiger partial charge in [0, 0.05) is 25.1 Å². The maximum absolute atomic E-state index is 5.96. The summed E-state index contributed by atoms with van der Waals surface area (Å²) in [5.41, 5.74) is 0. The van der Waals surface area contributed by atoms with Gasteiger partial charge in [0.25, 0.3) is 0 Å². The number of methoxy groups -OCH3 is 1. The lowest BCUT2D eigenvalue weighted by atomic mass is 10.3. The zero-order valence-corrected chi connectivity index (χ0v) is 10.3. The van der Waals surface area contributed by atoms with Crippen LogP contribution in [0.2, 0.25) is 5.15 Å². The van der Waals surface area contributed by atoms with Gasteiger partial charge in [0.05, 0.1) is 6.61 Å². The van der Waals surface area contributed by atoms with Gasteiger partial charge in [-0.1, -0.05) is 11.6 Å². The van der Waals surface area contributed by atoms with Crippen molar-refractivity contribution in [3.63, 3.8) is 0 Å². The third-order valence-electron chi connectivity index (χ3n) is 2.47. The standard InChI is InChI=1S/C11H16ClN3O/c1-7(6-16-2)13-10-5-9(12)14-11(15-10)8-3-4-8/h5,7-8H,3-4,6H2,1-2H3,(H,13,14,15)/t7-/m1/s1. The Kier molecular flexibility index (Phi) is 3.61. The maximum atomic E-state index is 5.96. The molecule has 1 heterocycles. The van der Waals surface area contributed by atoms with E-state index in [4.69, 9.17) is 16.3 Å². The van der Waals surface area contributed by atoms with Crippen LogP contribution in [-0.4, -0.2) is 29.7 Å². The van der Waals surface area contributed by atoms with Gasteiger partial charge in [0.2, 0.25) is 0 Å². The summed E-state index contributed by atoms with van der Waals surface area (Å²) in [5, 5.41) is 3.75. The Morgan fingerprint density at radius 3 is 2.94 bits per heavy atom. The molecule has 1 aromatic rings. The summed E-state index contributed by atoms with van der Waals surface area (Å²) in [6.07, 6.45) is 2.35. The number of nitrogens with zero attached hydrogens (tertiary/aromatic N) is 2. The largest absolute Gasteiger partial charge is 0.383 e. The Hall–Kier alpha value is -0.870. The van der Waals surface area contributed by atoms with Crippen molar-refractivity contribution < 1.29 is 4.74 Å². The van der Waals surface area contributed by atoms with Crippen LogP contribution >= 0.6 is 11.6 Å². The first-order valence-electron chi connectivity index (χ1n) is 5.49. The Balaban J connectivity index is 2.07. The van der Waals surface area contributed by atoms with Crippen LogP contribution in [0.4, 0.5) is 5.82 Å². The van der Waals surface area contributed by atoms with Gasteiger partial charge in [-0.05, 0) is 19.8 Å². The number of rotatable bonds is 5. The number of nitrogens with one attached hydrogen (secondary N) is 1. The van der Waals surface area contributed by atoms with Crippen LogP contribution in [0.25, 0.3) is 0 Å². The minimum atomic E-state index is 0.211. The molecule has 2 rings (SSSR count). The molecule has 16 heavy (non-hydrogen) atoms. The molecule has 0 bridgehead atoms. The second-order valence-electron chi connectivity index (χ2n) is 4.21. The normalized spacial score (nSPS) is 17.2. The smallest absolute Gasteiger partial charge is 0.135 e. The van der Waals surface area contributed by atoms with Gasteiger partial charge in [0.1, 0.15) is 16.8 Å². The van der Waals surface area contributed by atoms with Gasteiger partial charge in [-0.2, -0.15) is 0 Å². The molecule has 1 fully saturated rings. The molecule has 0 saturated heterocycles. The zero-order chi connectivity index (χ0) is 11.5. The monoisotopic (exact) mass is 241 g/mol. The number of ether oxygens (including phenoxy) is 1. The lowest BCUT2D eigenvalue weighted by Crippen LogP contribution is -2.21. The molecule has 5 heteroatoms. The molecule has 1 N–H and O–H groups in total. The highest BCUT2D eigenvalue weighted by atomic mass is 35.5. The molecule has 0 aliphatic heterocycles. The molecule has 1 aliphatic rings. The van der Waals surface area contributed by atoms with Crippen LogP contribution < -0.4 is 5.32 Å². The molecule has 1 saturated carbocycles. The number of halogens is 1. The molecule has 0 amide bonds. The minimum Gasteiger partial charge on any atom is -0.383 e. The van der Waals surface area contributed by atoms with Crippen molar-refractivity contribution in [1.82, 2.24) is 9.97 Å². The Morgan fingerprint density at radius 1 is 1.56 bits per heavy atom. The van der Waals surface area contributed by atoms with E-state index in [1.807, 2.05) is 6.92 Å². The average Bonchev–Trinajstić information content (AvgIpc) is 2.99. The van der Waals surface area contributed by atoms with Crippen molar-refractivity contribution in [2.75, 3.05) is 19.0 Å². The van der Waals surface area contributed by atoms with Crippen LogP contribution in [-0.2, 0) is 4.74 Å². The first-order chi connectivity index (χ1) is 7.69. The van der Waals surface area contributed by atoms with Crippen molar-refractivity contribution >= 4 is 17.4 Å². The molecule has 0 spiro atoms. The summed E-state index contributed by atoms with van der Waals surface area (Å²) < 4.78 is 5.06. The van der Waals surface area contributed by atoms with E-state index in [2.05, 4.69) is 15.3 Å². The molecular formula is C11H16ClN3O. The summed E-state index contributed by atoms with van der Waals surface area (Å²) in [5.74, 6) is 2.16. The lowest BCUT2D eigenvalue weighted by molar-refractivity contribution is 0.190. The van der Waals surface area contributed by atoms with Gasteiger partial charge < -0.3 is 10.1 Å². The van der Waals surface area contributed by atoms with Crippen molar-refractivity contribution in [2.24, 2.45) is 0 Å². The van der Waals surface area contributed by atoms with Crippen LogP contribution in [0, 0.1) is 0 Å². The predicted octanol–water partition coefficient (Wildman–Crippen LogP) is 2.45. The molecule has 0 unspecified atom stereocenters. The van der Waals surface area contributed by atoms with Crippen LogP contribution in [0.15, 0.2) is 6.07 Å². The fourth-order valence-electron chi connectivity index (χ4n) is 1.58. The quantitative estimate of drug-likeness (QED) is 0.805. The Morgan fingerprint density at radius 2 is 2.31 bits per heavy atom. The molecule has 4 nitrogen and oxygen atoms in total. The van der Waals surface area contributed by atoms with Crippen molar-refractivity contribution in [1.29, 1.82) is 0 Å². The Bertz CT molecular complexity index is 368. The van der Waals surface area contributed by atoms with Crippen molar-refractivity contribution in [2.45, 2.75) is 31.7 Å². The highest BCUT2D eigenvalue weighted by Gasteiger charge is 2.27. The SMILES string of the molecule is COC[C@@H](C)Nc1cc(Cl)nc(C2CC2)n1. The molecule has 1 aromatic heterocycles. The van der Waals surface area contributed by atoms with Crippen molar-refractivity contribution in [3.05, 3.63) is 17.0 Å². The second kappa shape index (κ2) is 4.97. The number of hydrogen-bond donors (Lipinski definition) is 1. The predicted molar refractivity (Wildman–Crippen MR) is 64.0 cm³/mol. The molecule has 0 radical (unpaired) electrons. The number of anilines is 1. The molecule has 0 aromatic carbocycles. The molecular weight excluding hydrogens is 226 g/mol. The third kappa shape index (κ3) is 3.06. The van der Waals surface area contributed by atoms with Crippen LogP contribution in [0.1, 0.15) is 31.5 Å². The molecule has 1 atom stereocenters.